The topological polar surface area (TPSA) is 46.6 Å². The summed E-state index contributed by atoms with van der Waals surface area (Å²) in [4.78, 5) is 7.29. The van der Waals surface area contributed by atoms with Crippen molar-refractivity contribution in [2.24, 2.45) is 0 Å². The molecule has 0 aliphatic heterocycles. The predicted octanol–water partition coefficient (Wildman–Crippen LogP) is 4.43. The lowest BCUT2D eigenvalue weighted by Crippen LogP contribution is -2.20. The van der Waals surface area contributed by atoms with Crippen molar-refractivity contribution < 1.29 is 0 Å². The summed E-state index contributed by atoms with van der Waals surface area (Å²) in [5, 5.41) is 0. The smallest absolute Gasteiger partial charge is 0.137 e. The summed E-state index contributed by atoms with van der Waals surface area (Å²) in [7, 11) is 2.17. The Morgan fingerprint density at radius 3 is 2.68 bits per heavy atom. The Kier molecular flexibility index (Phi) is 5.09. The van der Waals surface area contributed by atoms with Gasteiger partial charge in [-0.15, -0.1) is 0 Å². The molecule has 0 unspecified atom stereocenters. The molecular formula is C21H28N4. The molecule has 1 aromatic carbocycles. The van der Waals surface area contributed by atoms with Crippen LogP contribution in [0.5, 0.6) is 0 Å². The Morgan fingerprint density at radius 1 is 1.16 bits per heavy atom. The number of hydrogen-bond donors (Lipinski definition) is 1. The van der Waals surface area contributed by atoms with E-state index in [2.05, 4.69) is 55.3 Å². The fourth-order valence-electron chi connectivity index (χ4n) is 3.32. The number of benzene rings is 1. The molecule has 0 radical (unpaired) electrons. The number of unbranched alkanes of at least 4 members (excludes halogenated alkanes) is 1. The third-order valence-electron chi connectivity index (χ3n) is 4.69. The van der Waals surface area contributed by atoms with Crippen LogP contribution in [0.4, 0.5) is 5.69 Å². The molecular weight excluding hydrogens is 308 g/mol. The first-order valence-electron chi connectivity index (χ1n) is 9.02. The third-order valence-corrected chi connectivity index (χ3v) is 4.69. The van der Waals surface area contributed by atoms with Gasteiger partial charge in [0.15, 0.2) is 0 Å². The number of rotatable bonds is 6. The highest BCUT2D eigenvalue weighted by molar-refractivity contribution is 5.70. The van der Waals surface area contributed by atoms with Gasteiger partial charge in [-0.3, -0.25) is 0 Å². The largest absolute Gasteiger partial charge is 0.398 e. The first-order chi connectivity index (χ1) is 12.0. The van der Waals surface area contributed by atoms with Crippen LogP contribution >= 0.6 is 0 Å². The van der Waals surface area contributed by atoms with Gasteiger partial charge in [0.2, 0.25) is 0 Å². The molecule has 2 aromatic heterocycles. The summed E-state index contributed by atoms with van der Waals surface area (Å²) in [6.07, 6.45) is 4.39. The molecule has 0 aliphatic carbocycles. The Bertz CT molecular complexity index is 879. The lowest BCUT2D eigenvalue weighted by molar-refractivity contribution is 0.316. The predicted molar refractivity (Wildman–Crippen MR) is 106 cm³/mol. The molecule has 0 amide bonds. The van der Waals surface area contributed by atoms with Crippen molar-refractivity contribution >= 4 is 11.3 Å². The first-order valence-corrected chi connectivity index (χ1v) is 9.02. The molecule has 0 spiro atoms. The summed E-state index contributed by atoms with van der Waals surface area (Å²) >= 11 is 0. The number of nitrogen functional groups attached to an aromatic ring is 1. The fourth-order valence-corrected chi connectivity index (χ4v) is 3.32. The van der Waals surface area contributed by atoms with E-state index in [9.17, 15) is 0 Å². The number of imidazole rings is 1. The van der Waals surface area contributed by atoms with Crippen LogP contribution in [0.3, 0.4) is 0 Å². The Balaban J connectivity index is 2.11. The first kappa shape index (κ1) is 17.5. The van der Waals surface area contributed by atoms with Crippen LogP contribution in [0.1, 0.15) is 36.6 Å². The average molecular weight is 336 g/mol. The van der Waals surface area contributed by atoms with Gasteiger partial charge in [0.25, 0.3) is 0 Å². The lowest BCUT2D eigenvalue weighted by atomic mass is 10.0. The van der Waals surface area contributed by atoms with E-state index < -0.39 is 0 Å². The third kappa shape index (κ3) is 3.69. The summed E-state index contributed by atoms with van der Waals surface area (Å²) in [6, 6.07) is 10.5. The van der Waals surface area contributed by atoms with Crippen molar-refractivity contribution in [1.29, 1.82) is 0 Å². The molecule has 0 fully saturated rings. The monoisotopic (exact) mass is 336 g/mol. The highest BCUT2D eigenvalue weighted by Gasteiger charge is 2.17. The molecule has 0 bridgehead atoms. The number of aromatic nitrogens is 2. The van der Waals surface area contributed by atoms with Gasteiger partial charge in [0.05, 0.1) is 11.4 Å². The second-order valence-corrected chi connectivity index (χ2v) is 7.01. The second kappa shape index (κ2) is 7.28. The van der Waals surface area contributed by atoms with Gasteiger partial charge in [0, 0.05) is 24.0 Å². The molecule has 3 aromatic rings. The van der Waals surface area contributed by atoms with Crippen LogP contribution in [0.2, 0.25) is 0 Å². The van der Waals surface area contributed by atoms with E-state index >= 15 is 0 Å². The molecule has 0 saturated carbocycles. The van der Waals surface area contributed by atoms with E-state index in [4.69, 9.17) is 10.7 Å². The maximum absolute atomic E-state index is 6.04. The zero-order valence-electron chi connectivity index (χ0n) is 15.7. The standard InChI is InChI=1S/C21H28N4/c1-5-6-11-24(4)14-19-21(18-9-7-15(2)12-16(18)3)23-20-10-8-17(22)13-25(19)20/h7-10,12-13H,5-6,11,14,22H2,1-4H3. The molecule has 132 valence electrons. The normalized spacial score (nSPS) is 11.6. The van der Waals surface area contributed by atoms with Crippen molar-refractivity contribution in [3.63, 3.8) is 0 Å². The van der Waals surface area contributed by atoms with Crippen LogP contribution in [-0.4, -0.2) is 27.9 Å². The molecule has 25 heavy (non-hydrogen) atoms. The van der Waals surface area contributed by atoms with Gasteiger partial charge in [-0.05, 0) is 51.6 Å². The molecule has 2 heterocycles. The number of aryl methyl sites for hydroxylation is 2. The molecule has 4 nitrogen and oxygen atoms in total. The van der Waals surface area contributed by atoms with E-state index in [1.54, 1.807) is 0 Å². The van der Waals surface area contributed by atoms with Crippen molar-refractivity contribution in [1.82, 2.24) is 14.3 Å². The Labute approximate surface area is 150 Å². The number of fused-ring (bicyclic) bond motifs is 1. The Morgan fingerprint density at radius 2 is 1.96 bits per heavy atom. The molecule has 0 atom stereocenters. The number of pyridine rings is 1. The summed E-state index contributed by atoms with van der Waals surface area (Å²) in [5.74, 6) is 0. The van der Waals surface area contributed by atoms with Crippen molar-refractivity contribution in [2.75, 3.05) is 19.3 Å². The lowest BCUT2D eigenvalue weighted by Gasteiger charge is -2.17. The summed E-state index contributed by atoms with van der Waals surface area (Å²) in [5.41, 5.74) is 13.7. The Hall–Kier alpha value is -2.33. The second-order valence-electron chi connectivity index (χ2n) is 7.01. The molecule has 2 N–H and O–H groups in total. The minimum atomic E-state index is 0.759. The SMILES string of the molecule is CCCCN(C)Cc1c(-c2ccc(C)cc2C)nc2ccc(N)cn12. The van der Waals surface area contributed by atoms with Crippen LogP contribution in [0.15, 0.2) is 36.5 Å². The number of anilines is 1. The zero-order chi connectivity index (χ0) is 18.0. The van der Waals surface area contributed by atoms with Crippen LogP contribution in [0.25, 0.3) is 16.9 Å². The number of nitrogens with zero attached hydrogens (tertiary/aromatic N) is 3. The maximum atomic E-state index is 6.04. The highest BCUT2D eigenvalue weighted by Crippen LogP contribution is 2.29. The maximum Gasteiger partial charge on any atom is 0.137 e. The summed E-state index contributed by atoms with van der Waals surface area (Å²) < 4.78 is 2.15. The van der Waals surface area contributed by atoms with Crippen LogP contribution in [-0.2, 0) is 6.54 Å². The van der Waals surface area contributed by atoms with Gasteiger partial charge in [-0.2, -0.15) is 0 Å². The number of nitrogens with two attached hydrogens (primary N) is 1. The van der Waals surface area contributed by atoms with Gasteiger partial charge in [-0.25, -0.2) is 4.98 Å². The zero-order valence-corrected chi connectivity index (χ0v) is 15.7. The van der Waals surface area contributed by atoms with Crippen molar-refractivity contribution in [3.05, 3.63) is 53.3 Å². The van der Waals surface area contributed by atoms with Gasteiger partial charge in [-0.1, -0.05) is 37.1 Å². The van der Waals surface area contributed by atoms with Crippen molar-refractivity contribution in [2.45, 2.75) is 40.2 Å². The van der Waals surface area contributed by atoms with Gasteiger partial charge >= 0.3 is 0 Å². The highest BCUT2D eigenvalue weighted by atomic mass is 15.1. The summed E-state index contributed by atoms with van der Waals surface area (Å²) in [6.45, 7) is 8.45. The van der Waals surface area contributed by atoms with Gasteiger partial charge in [0.1, 0.15) is 5.65 Å². The average Bonchev–Trinajstić information content (AvgIpc) is 2.90. The molecule has 4 heteroatoms. The minimum absolute atomic E-state index is 0.759. The molecule has 0 aliphatic rings. The van der Waals surface area contributed by atoms with Gasteiger partial charge < -0.3 is 15.0 Å². The van der Waals surface area contributed by atoms with E-state index in [1.165, 1.54) is 35.2 Å². The van der Waals surface area contributed by atoms with E-state index in [1.807, 2.05) is 18.3 Å². The molecule has 3 rings (SSSR count). The minimum Gasteiger partial charge on any atom is -0.398 e. The van der Waals surface area contributed by atoms with E-state index in [0.29, 0.717) is 0 Å². The fraction of sp³-hybridized carbons (Fsp3) is 0.381. The van der Waals surface area contributed by atoms with Crippen molar-refractivity contribution in [3.8, 4) is 11.3 Å². The van der Waals surface area contributed by atoms with E-state index in [-0.39, 0.29) is 0 Å². The molecule has 0 saturated heterocycles. The van der Waals surface area contributed by atoms with Crippen LogP contribution < -0.4 is 5.73 Å². The van der Waals surface area contributed by atoms with E-state index in [0.717, 1.165) is 30.1 Å². The number of hydrogen-bond acceptors (Lipinski definition) is 3. The quantitative estimate of drug-likeness (QED) is 0.724. The van der Waals surface area contributed by atoms with Crippen LogP contribution in [0, 0.1) is 13.8 Å².